The Labute approximate surface area is 143 Å². The van der Waals surface area contributed by atoms with Gasteiger partial charge in [-0.25, -0.2) is 4.79 Å². The summed E-state index contributed by atoms with van der Waals surface area (Å²) in [5.41, 5.74) is 0. The third-order valence-corrected chi connectivity index (χ3v) is 4.23. The molecular weight excluding hydrogens is 308 g/mol. The van der Waals surface area contributed by atoms with E-state index in [-0.39, 0.29) is 24.5 Å². The zero-order valence-electron chi connectivity index (χ0n) is 14.6. The molecule has 0 aromatic carbocycles. The van der Waals surface area contributed by atoms with Gasteiger partial charge >= 0.3 is 6.03 Å². The molecule has 1 heterocycles. The Kier molecular flexibility index (Phi) is 7.08. The first-order valence-corrected chi connectivity index (χ1v) is 8.87. The van der Waals surface area contributed by atoms with Crippen molar-refractivity contribution in [2.24, 2.45) is 0 Å². The number of hydrogen-bond donors (Lipinski definition) is 2. The Bertz CT molecular complexity index is 538. The maximum atomic E-state index is 12.5. The average molecular weight is 336 g/mol. The number of anilines is 1. The van der Waals surface area contributed by atoms with Crippen molar-refractivity contribution >= 4 is 17.8 Å². The van der Waals surface area contributed by atoms with Crippen LogP contribution in [-0.2, 0) is 4.79 Å². The van der Waals surface area contributed by atoms with Crippen molar-refractivity contribution in [3.63, 3.8) is 0 Å². The lowest BCUT2D eigenvalue weighted by atomic mass is 9.96. The molecule has 0 radical (unpaired) electrons. The van der Waals surface area contributed by atoms with Crippen molar-refractivity contribution in [2.75, 3.05) is 18.4 Å². The van der Waals surface area contributed by atoms with Gasteiger partial charge in [-0.2, -0.15) is 0 Å². The fourth-order valence-electron chi connectivity index (χ4n) is 2.90. The van der Waals surface area contributed by atoms with Gasteiger partial charge in [-0.15, -0.1) is 0 Å². The van der Waals surface area contributed by atoms with Gasteiger partial charge < -0.3 is 20.1 Å². The zero-order chi connectivity index (χ0) is 17.4. The molecule has 0 bridgehead atoms. The van der Waals surface area contributed by atoms with Crippen molar-refractivity contribution in [3.8, 4) is 0 Å². The van der Waals surface area contributed by atoms with E-state index in [4.69, 9.17) is 4.52 Å². The number of hydrogen-bond acceptors (Lipinski definition) is 4. The molecule has 1 aliphatic rings. The number of unbranched alkanes of at least 4 members (excludes halogenated alkanes) is 1. The molecule has 2 rings (SSSR count). The van der Waals surface area contributed by atoms with Gasteiger partial charge in [0.1, 0.15) is 12.3 Å². The van der Waals surface area contributed by atoms with E-state index in [1.165, 1.54) is 6.42 Å². The summed E-state index contributed by atoms with van der Waals surface area (Å²) in [4.78, 5) is 26.3. The fraction of sp³-hybridized carbons (Fsp3) is 0.706. The summed E-state index contributed by atoms with van der Waals surface area (Å²) >= 11 is 0. The fourth-order valence-corrected chi connectivity index (χ4v) is 2.90. The summed E-state index contributed by atoms with van der Waals surface area (Å²) in [6.45, 7) is 4.41. The Morgan fingerprint density at radius 2 is 2.08 bits per heavy atom. The number of carbonyl (C=O) groups is 2. The zero-order valence-corrected chi connectivity index (χ0v) is 14.6. The first-order chi connectivity index (χ1) is 11.6. The van der Waals surface area contributed by atoms with E-state index >= 15 is 0 Å². The average Bonchev–Trinajstić information content (AvgIpc) is 2.97. The lowest BCUT2D eigenvalue weighted by Gasteiger charge is -2.28. The second kappa shape index (κ2) is 9.30. The van der Waals surface area contributed by atoms with E-state index in [0.29, 0.717) is 18.1 Å². The van der Waals surface area contributed by atoms with Gasteiger partial charge in [-0.3, -0.25) is 4.79 Å². The highest BCUT2D eigenvalue weighted by atomic mass is 16.5. The third-order valence-electron chi connectivity index (χ3n) is 4.23. The van der Waals surface area contributed by atoms with Crippen molar-refractivity contribution in [2.45, 2.75) is 64.8 Å². The van der Waals surface area contributed by atoms with Crippen LogP contribution in [-0.4, -0.2) is 41.1 Å². The topological polar surface area (TPSA) is 87.5 Å². The molecule has 1 aliphatic carbocycles. The molecule has 1 saturated carbocycles. The van der Waals surface area contributed by atoms with Crippen LogP contribution in [0.2, 0.25) is 0 Å². The van der Waals surface area contributed by atoms with Gasteiger partial charge in [0, 0.05) is 18.7 Å². The standard InChI is InChI=1S/C17H28N4O3/c1-3-4-10-21(17(23)18-14-8-6-5-7-9-14)12-16(22)19-15-11-13(2)24-20-15/h11,14H,3-10,12H2,1-2H3,(H,18,23)(H,19,20,22). The van der Waals surface area contributed by atoms with Crippen molar-refractivity contribution in [3.05, 3.63) is 11.8 Å². The lowest BCUT2D eigenvalue weighted by molar-refractivity contribution is -0.116. The highest BCUT2D eigenvalue weighted by Gasteiger charge is 2.21. The third kappa shape index (κ3) is 5.86. The molecule has 7 heteroatoms. The maximum absolute atomic E-state index is 12.5. The van der Waals surface area contributed by atoms with E-state index < -0.39 is 0 Å². The van der Waals surface area contributed by atoms with Crippen LogP contribution < -0.4 is 10.6 Å². The molecule has 0 atom stereocenters. The van der Waals surface area contributed by atoms with Crippen LogP contribution in [0.25, 0.3) is 0 Å². The van der Waals surface area contributed by atoms with Gasteiger partial charge in [0.2, 0.25) is 5.91 Å². The molecule has 0 spiro atoms. The summed E-state index contributed by atoms with van der Waals surface area (Å²) < 4.78 is 4.93. The quantitative estimate of drug-likeness (QED) is 0.801. The number of rotatable bonds is 7. The van der Waals surface area contributed by atoms with Crippen LogP contribution in [0.15, 0.2) is 10.6 Å². The number of urea groups is 1. The smallest absolute Gasteiger partial charge is 0.318 e. The van der Waals surface area contributed by atoms with Crippen LogP contribution in [0.5, 0.6) is 0 Å². The molecule has 1 aromatic rings. The summed E-state index contributed by atoms with van der Waals surface area (Å²) in [5.74, 6) is 0.738. The summed E-state index contributed by atoms with van der Waals surface area (Å²) in [6.07, 6.45) is 7.45. The van der Waals surface area contributed by atoms with E-state index in [1.807, 2.05) is 0 Å². The summed E-state index contributed by atoms with van der Waals surface area (Å²) in [5, 5.41) is 9.47. The van der Waals surface area contributed by atoms with Gasteiger partial charge in [0.25, 0.3) is 0 Å². The summed E-state index contributed by atoms with van der Waals surface area (Å²) in [7, 11) is 0. The Morgan fingerprint density at radius 1 is 1.33 bits per heavy atom. The highest BCUT2D eigenvalue weighted by molar-refractivity contribution is 5.93. The van der Waals surface area contributed by atoms with Crippen molar-refractivity contribution in [1.82, 2.24) is 15.4 Å². The van der Waals surface area contributed by atoms with Gasteiger partial charge in [-0.1, -0.05) is 37.8 Å². The molecular formula is C17H28N4O3. The minimum Gasteiger partial charge on any atom is -0.360 e. The molecule has 1 aromatic heterocycles. The molecule has 0 saturated heterocycles. The second-order valence-electron chi connectivity index (χ2n) is 6.43. The number of amides is 3. The predicted octanol–water partition coefficient (Wildman–Crippen LogP) is 3.07. The molecule has 0 aliphatic heterocycles. The minimum absolute atomic E-state index is 0.0183. The number of nitrogens with one attached hydrogen (secondary N) is 2. The number of aromatic nitrogens is 1. The molecule has 7 nitrogen and oxygen atoms in total. The largest absolute Gasteiger partial charge is 0.360 e. The van der Waals surface area contributed by atoms with Gasteiger partial charge in [-0.05, 0) is 26.2 Å². The predicted molar refractivity (Wildman–Crippen MR) is 91.8 cm³/mol. The van der Waals surface area contributed by atoms with Crippen LogP contribution in [0.3, 0.4) is 0 Å². The van der Waals surface area contributed by atoms with E-state index in [2.05, 4.69) is 22.7 Å². The van der Waals surface area contributed by atoms with Crippen LogP contribution in [0, 0.1) is 6.92 Å². The molecule has 134 valence electrons. The molecule has 1 fully saturated rings. The molecule has 2 N–H and O–H groups in total. The first-order valence-electron chi connectivity index (χ1n) is 8.87. The normalized spacial score (nSPS) is 15.1. The number of nitrogens with zero attached hydrogens (tertiary/aromatic N) is 2. The molecule has 24 heavy (non-hydrogen) atoms. The number of carbonyl (C=O) groups excluding carboxylic acids is 2. The van der Waals surface area contributed by atoms with Crippen LogP contribution in [0.4, 0.5) is 10.6 Å². The first kappa shape index (κ1) is 18.3. The lowest BCUT2D eigenvalue weighted by Crippen LogP contribution is -2.48. The Morgan fingerprint density at radius 3 is 2.71 bits per heavy atom. The van der Waals surface area contributed by atoms with Gasteiger partial charge in [0.05, 0.1) is 0 Å². The van der Waals surface area contributed by atoms with E-state index in [9.17, 15) is 9.59 Å². The van der Waals surface area contributed by atoms with Crippen molar-refractivity contribution in [1.29, 1.82) is 0 Å². The Balaban J connectivity index is 1.88. The van der Waals surface area contributed by atoms with Gasteiger partial charge in [0.15, 0.2) is 5.82 Å². The molecule has 0 unspecified atom stereocenters. The molecule has 3 amide bonds. The van der Waals surface area contributed by atoms with E-state index in [0.717, 1.165) is 38.5 Å². The van der Waals surface area contributed by atoms with Crippen molar-refractivity contribution < 1.29 is 14.1 Å². The van der Waals surface area contributed by atoms with Crippen LogP contribution >= 0.6 is 0 Å². The second-order valence-corrected chi connectivity index (χ2v) is 6.43. The summed E-state index contributed by atoms with van der Waals surface area (Å²) in [6, 6.07) is 1.73. The minimum atomic E-state index is -0.266. The monoisotopic (exact) mass is 336 g/mol. The maximum Gasteiger partial charge on any atom is 0.318 e. The highest BCUT2D eigenvalue weighted by Crippen LogP contribution is 2.17. The van der Waals surface area contributed by atoms with E-state index in [1.54, 1.807) is 17.9 Å². The SMILES string of the molecule is CCCCN(CC(=O)Nc1cc(C)on1)C(=O)NC1CCCCC1. The number of aryl methyl sites for hydroxylation is 1. The Hall–Kier alpha value is -2.05. The van der Waals surface area contributed by atoms with Crippen LogP contribution in [0.1, 0.15) is 57.6 Å².